The minimum Gasteiger partial charge on any atom is -0.270 e. The molecule has 0 saturated heterocycles. The van der Waals surface area contributed by atoms with Crippen LogP contribution in [0.5, 0.6) is 0 Å². The molecule has 1 unspecified atom stereocenters. The van der Waals surface area contributed by atoms with Crippen molar-refractivity contribution in [3.8, 4) is 0 Å². The number of aromatic nitrogens is 2. The van der Waals surface area contributed by atoms with E-state index in [-0.39, 0.29) is 0 Å². The maximum atomic E-state index is 4.59. The van der Waals surface area contributed by atoms with Gasteiger partial charge in [0.2, 0.25) is 0 Å². The minimum absolute atomic E-state index is 0.505. The van der Waals surface area contributed by atoms with Gasteiger partial charge in [0, 0.05) is 22.9 Å². The molecule has 2 nitrogen and oxygen atoms in total. The van der Waals surface area contributed by atoms with Crippen molar-refractivity contribution in [2.24, 2.45) is 5.92 Å². The van der Waals surface area contributed by atoms with Gasteiger partial charge in [0.05, 0.1) is 5.69 Å². The van der Waals surface area contributed by atoms with E-state index < -0.39 is 0 Å². The topological polar surface area (TPSA) is 17.8 Å². The van der Waals surface area contributed by atoms with Crippen LogP contribution in [0.15, 0.2) is 12.3 Å². The smallest absolute Gasteiger partial charge is 0.0628 e. The molecular formula is C11H18Br2N2. The van der Waals surface area contributed by atoms with E-state index in [1.807, 2.05) is 0 Å². The van der Waals surface area contributed by atoms with E-state index >= 15 is 0 Å². The Morgan fingerprint density at radius 2 is 2.07 bits per heavy atom. The van der Waals surface area contributed by atoms with Gasteiger partial charge in [-0.15, -0.1) is 0 Å². The van der Waals surface area contributed by atoms with Crippen LogP contribution >= 0.6 is 31.9 Å². The monoisotopic (exact) mass is 336 g/mol. The molecule has 0 aliphatic heterocycles. The molecule has 0 spiro atoms. The van der Waals surface area contributed by atoms with Gasteiger partial charge in [-0.05, 0) is 31.7 Å². The summed E-state index contributed by atoms with van der Waals surface area (Å²) in [7, 11) is 0. The van der Waals surface area contributed by atoms with Crippen LogP contribution in [0.4, 0.5) is 0 Å². The molecule has 15 heavy (non-hydrogen) atoms. The largest absolute Gasteiger partial charge is 0.270 e. The van der Waals surface area contributed by atoms with Gasteiger partial charge in [0.1, 0.15) is 0 Å². The normalized spacial score (nSPS) is 13.4. The Labute approximate surface area is 109 Å². The van der Waals surface area contributed by atoms with Crippen molar-refractivity contribution < 1.29 is 0 Å². The molecule has 0 amide bonds. The summed E-state index contributed by atoms with van der Waals surface area (Å²) in [5, 5.41) is 6.64. The van der Waals surface area contributed by atoms with Crippen molar-refractivity contribution in [2.75, 3.05) is 10.7 Å². The average molecular weight is 338 g/mol. The lowest BCUT2D eigenvalue weighted by Crippen LogP contribution is -2.10. The van der Waals surface area contributed by atoms with E-state index in [1.54, 1.807) is 0 Å². The molecule has 0 radical (unpaired) electrons. The average Bonchev–Trinajstić information content (AvgIpc) is 2.73. The summed E-state index contributed by atoms with van der Waals surface area (Å²) in [4.78, 5) is 0. The zero-order valence-corrected chi connectivity index (χ0v) is 12.5. The van der Waals surface area contributed by atoms with E-state index in [0.717, 1.165) is 23.5 Å². The first-order valence-corrected chi connectivity index (χ1v) is 7.61. The van der Waals surface area contributed by atoms with Crippen LogP contribution < -0.4 is 0 Å². The highest BCUT2D eigenvalue weighted by molar-refractivity contribution is 9.09. The molecule has 0 aromatic carbocycles. The minimum atomic E-state index is 0.505. The number of rotatable bonds is 6. The molecule has 86 valence electrons. The molecule has 0 aliphatic carbocycles. The van der Waals surface area contributed by atoms with Crippen molar-refractivity contribution in [3.05, 3.63) is 18.0 Å². The Bertz CT molecular complexity index is 282. The van der Waals surface area contributed by atoms with E-state index in [4.69, 9.17) is 0 Å². The summed E-state index contributed by atoms with van der Waals surface area (Å²) in [6.45, 7) is 4.38. The van der Waals surface area contributed by atoms with Crippen molar-refractivity contribution >= 4 is 31.9 Å². The number of hydrogen-bond donors (Lipinski definition) is 0. The van der Waals surface area contributed by atoms with Crippen LogP contribution in [-0.2, 0) is 6.42 Å². The van der Waals surface area contributed by atoms with Crippen molar-refractivity contribution in [1.29, 1.82) is 0 Å². The van der Waals surface area contributed by atoms with Gasteiger partial charge in [0.25, 0.3) is 0 Å². The van der Waals surface area contributed by atoms with Crippen molar-refractivity contribution in [1.82, 2.24) is 9.78 Å². The lowest BCUT2D eigenvalue weighted by molar-refractivity contribution is 0.471. The predicted octanol–water partition coefficient (Wildman–Crippen LogP) is 3.80. The quantitative estimate of drug-likeness (QED) is 0.722. The number of alkyl halides is 2. The van der Waals surface area contributed by atoms with Gasteiger partial charge in [-0.1, -0.05) is 38.8 Å². The first-order valence-electron chi connectivity index (χ1n) is 5.37. The van der Waals surface area contributed by atoms with E-state index in [9.17, 15) is 0 Å². The highest BCUT2D eigenvalue weighted by Crippen LogP contribution is 2.14. The first-order chi connectivity index (χ1) is 7.21. The number of nitrogens with zero attached hydrogens (tertiary/aromatic N) is 2. The Kier molecular flexibility index (Phi) is 5.90. The second-order valence-electron chi connectivity index (χ2n) is 3.92. The van der Waals surface area contributed by atoms with Crippen molar-refractivity contribution in [2.45, 2.75) is 32.7 Å². The van der Waals surface area contributed by atoms with E-state index in [0.29, 0.717) is 12.0 Å². The standard InChI is InChI=1S/C11H18Br2N2/c1-3-9(2)15-5-4-11(14-15)6-10(7-12)8-13/h4-5,9-10H,3,6-8H2,1-2H3. The van der Waals surface area contributed by atoms with Gasteiger partial charge in [0.15, 0.2) is 0 Å². The molecule has 0 aliphatic rings. The third-order valence-corrected chi connectivity index (χ3v) is 4.47. The summed E-state index contributed by atoms with van der Waals surface area (Å²) in [6, 6.07) is 2.63. The highest BCUT2D eigenvalue weighted by Gasteiger charge is 2.10. The van der Waals surface area contributed by atoms with Gasteiger partial charge < -0.3 is 0 Å². The summed E-state index contributed by atoms with van der Waals surface area (Å²) < 4.78 is 2.06. The second kappa shape index (κ2) is 6.69. The molecule has 0 saturated carbocycles. The summed E-state index contributed by atoms with van der Waals surface area (Å²) in [5.41, 5.74) is 1.19. The number of halogens is 2. The number of hydrogen-bond acceptors (Lipinski definition) is 1. The highest BCUT2D eigenvalue weighted by atomic mass is 79.9. The lowest BCUT2D eigenvalue weighted by atomic mass is 10.1. The van der Waals surface area contributed by atoms with Crippen LogP contribution in [0.25, 0.3) is 0 Å². The van der Waals surface area contributed by atoms with Crippen molar-refractivity contribution in [3.63, 3.8) is 0 Å². The van der Waals surface area contributed by atoms with Gasteiger partial charge in [-0.25, -0.2) is 0 Å². The first kappa shape index (κ1) is 13.2. The van der Waals surface area contributed by atoms with Crippen LogP contribution in [0.1, 0.15) is 32.0 Å². The Morgan fingerprint density at radius 3 is 2.60 bits per heavy atom. The molecule has 0 fully saturated rings. The third-order valence-electron chi connectivity index (χ3n) is 2.64. The van der Waals surface area contributed by atoms with Gasteiger partial charge in [-0.2, -0.15) is 5.10 Å². The molecule has 0 bridgehead atoms. The Balaban J connectivity index is 2.59. The fraction of sp³-hybridized carbons (Fsp3) is 0.727. The van der Waals surface area contributed by atoms with Gasteiger partial charge in [-0.3, -0.25) is 4.68 Å². The molecule has 1 atom stereocenters. The molecular weight excluding hydrogens is 320 g/mol. The molecule has 1 heterocycles. The van der Waals surface area contributed by atoms with Crippen LogP contribution in [0.3, 0.4) is 0 Å². The zero-order chi connectivity index (χ0) is 11.3. The molecule has 4 heteroatoms. The second-order valence-corrected chi connectivity index (χ2v) is 5.22. The lowest BCUT2D eigenvalue weighted by Gasteiger charge is -2.10. The summed E-state index contributed by atoms with van der Waals surface area (Å²) >= 11 is 7.04. The van der Waals surface area contributed by atoms with E-state index in [2.05, 4.69) is 67.8 Å². The van der Waals surface area contributed by atoms with Crippen LogP contribution in [0, 0.1) is 5.92 Å². The predicted molar refractivity (Wildman–Crippen MR) is 72.0 cm³/mol. The fourth-order valence-corrected chi connectivity index (χ4v) is 2.89. The van der Waals surface area contributed by atoms with Crippen LogP contribution in [0.2, 0.25) is 0 Å². The van der Waals surface area contributed by atoms with Crippen LogP contribution in [-0.4, -0.2) is 20.4 Å². The molecule has 1 aromatic heterocycles. The Hall–Kier alpha value is 0.170. The SMILES string of the molecule is CCC(C)n1ccc(CC(CBr)CBr)n1. The van der Waals surface area contributed by atoms with Gasteiger partial charge >= 0.3 is 0 Å². The Morgan fingerprint density at radius 1 is 1.40 bits per heavy atom. The fourth-order valence-electron chi connectivity index (χ4n) is 1.36. The molecule has 1 aromatic rings. The summed E-state index contributed by atoms with van der Waals surface area (Å²) in [6.07, 6.45) is 4.25. The zero-order valence-electron chi connectivity index (χ0n) is 9.29. The maximum Gasteiger partial charge on any atom is 0.0628 e. The molecule has 1 rings (SSSR count). The van der Waals surface area contributed by atoms with E-state index in [1.165, 1.54) is 5.69 Å². The summed E-state index contributed by atoms with van der Waals surface area (Å²) in [5.74, 6) is 0.630. The maximum absolute atomic E-state index is 4.59. The third kappa shape index (κ3) is 3.91. The molecule has 0 N–H and O–H groups in total.